The van der Waals surface area contributed by atoms with Gasteiger partial charge in [0, 0.05) is 23.6 Å². The van der Waals surface area contributed by atoms with Crippen molar-refractivity contribution in [3.8, 4) is 11.4 Å². The van der Waals surface area contributed by atoms with Gasteiger partial charge in [-0.2, -0.15) is 0 Å². The Balaban J connectivity index is 2.16. The molecule has 3 nitrogen and oxygen atoms in total. The van der Waals surface area contributed by atoms with Crippen LogP contribution in [0.1, 0.15) is 11.1 Å². The maximum absolute atomic E-state index is 5.66. The number of aromatic nitrogens is 2. The minimum atomic E-state index is 0.536. The minimum Gasteiger partial charge on any atom is -0.353 e. The molecule has 3 N–H and O–H groups in total. The molecule has 0 saturated carbocycles. The first-order valence-corrected chi connectivity index (χ1v) is 6.01. The Kier molecular flexibility index (Phi) is 2.61. The lowest BCUT2D eigenvalue weighted by molar-refractivity contribution is 1.06. The van der Waals surface area contributed by atoms with Crippen LogP contribution in [0.4, 0.5) is 0 Å². The summed E-state index contributed by atoms with van der Waals surface area (Å²) >= 11 is 0. The van der Waals surface area contributed by atoms with E-state index in [4.69, 9.17) is 5.73 Å². The van der Waals surface area contributed by atoms with Crippen LogP contribution in [0.3, 0.4) is 0 Å². The zero-order valence-corrected chi connectivity index (χ0v) is 10.3. The number of nitrogens with zero attached hydrogens (tertiary/aromatic N) is 1. The van der Waals surface area contributed by atoms with Gasteiger partial charge >= 0.3 is 0 Å². The van der Waals surface area contributed by atoms with Crippen LogP contribution in [0.15, 0.2) is 42.6 Å². The summed E-state index contributed by atoms with van der Waals surface area (Å²) < 4.78 is 0. The molecular weight excluding hydrogens is 222 g/mol. The number of benzene rings is 1. The van der Waals surface area contributed by atoms with Crippen molar-refractivity contribution in [1.82, 2.24) is 9.97 Å². The fourth-order valence-electron chi connectivity index (χ4n) is 2.19. The predicted molar refractivity (Wildman–Crippen MR) is 74.2 cm³/mol. The Morgan fingerprint density at radius 1 is 1.22 bits per heavy atom. The van der Waals surface area contributed by atoms with Gasteiger partial charge in [-0.1, -0.05) is 12.1 Å². The number of H-pyrrole nitrogens is 1. The van der Waals surface area contributed by atoms with E-state index >= 15 is 0 Å². The number of rotatable bonds is 2. The highest BCUT2D eigenvalue weighted by Crippen LogP contribution is 2.25. The molecule has 2 aromatic heterocycles. The van der Waals surface area contributed by atoms with Gasteiger partial charge in [-0.15, -0.1) is 0 Å². The molecule has 3 heteroatoms. The number of pyridine rings is 1. The van der Waals surface area contributed by atoms with Crippen molar-refractivity contribution in [2.45, 2.75) is 13.5 Å². The maximum atomic E-state index is 5.66. The first-order chi connectivity index (χ1) is 8.78. The Morgan fingerprint density at radius 2 is 2.11 bits per heavy atom. The molecule has 0 atom stereocenters. The average molecular weight is 237 g/mol. The third-order valence-corrected chi connectivity index (χ3v) is 3.22. The minimum absolute atomic E-state index is 0.536. The molecule has 90 valence electrons. The standard InChI is InChI=1S/C15H15N3/c1-10-3-2-4-13-12(10)8-15(18-13)14-7-11(9-16)5-6-17-14/h2-8,18H,9,16H2,1H3. The van der Waals surface area contributed by atoms with E-state index < -0.39 is 0 Å². The molecule has 0 aliphatic rings. The quantitative estimate of drug-likeness (QED) is 0.720. The lowest BCUT2D eigenvalue weighted by atomic mass is 10.1. The number of hydrogen-bond acceptors (Lipinski definition) is 2. The number of hydrogen-bond donors (Lipinski definition) is 2. The summed E-state index contributed by atoms with van der Waals surface area (Å²) in [5.74, 6) is 0. The highest BCUT2D eigenvalue weighted by atomic mass is 14.8. The monoisotopic (exact) mass is 237 g/mol. The molecule has 0 spiro atoms. The average Bonchev–Trinajstić information content (AvgIpc) is 2.84. The van der Waals surface area contributed by atoms with Gasteiger partial charge in [0.25, 0.3) is 0 Å². The van der Waals surface area contributed by atoms with Gasteiger partial charge in [0.05, 0.1) is 11.4 Å². The van der Waals surface area contributed by atoms with Crippen molar-refractivity contribution >= 4 is 10.9 Å². The summed E-state index contributed by atoms with van der Waals surface area (Å²) in [6.07, 6.45) is 1.80. The molecule has 18 heavy (non-hydrogen) atoms. The Hall–Kier alpha value is -2.13. The van der Waals surface area contributed by atoms with Crippen LogP contribution in [0.2, 0.25) is 0 Å². The molecule has 0 saturated heterocycles. The smallest absolute Gasteiger partial charge is 0.0867 e. The molecule has 3 aromatic rings. The largest absolute Gasteiger partial charge is 0.353 e. The van der Waals surface area contributed by atoms with Gasteiger partial charge in [-0.3, -0.25) is 4.98 Å². The van der Waals surface area contributed by atoms with Crippen molar-refractivity contribution in [2.24, 2.45) is 5.73 Å². The first kappa shape index (κ1) is 11.0. The highest BCUT2D eigenvalue weighted by molar-refractivity contribution is 5.87. The van der Waals surface area contributed by atoms with E-state index in [0.29, 0.717) is 6.54 Å². The van der Waals surface area contributed by atoms with Crippen LogP contribution < -0.4 is 5.73 Å². The molecule has 0 fully saturated rings. The molecular formula is C15H15N3. The molecule has 0 amide bonds. The zero-order chi connectivity index (χ0) is 12.5. The van der Waals surface area contributed by atoms with Gasteiger partial charge < -0.3 is 10.7 Å². The summed E-state index contributed by atoms with van der Waals surface area (Å²) in [6.45, 7) is 2.65. The van der Waals surface area contributed by atoms with Crippen LogP contribution in [0.25, 0.3) is 22.3 Å². The van der Waals surface area contributed by atoms with E-state index in [0.717, 1.165) is 22.5 Å². The van der Waals surface area contributed by atoms with Crippen molar-refractivity contribution in [3.63, 3.8) is 0 Å². The molecule has 3 rings (SSSR count). The third kappa shape index (κ3) is 1.79. The van der Waals surface area contributed by atoms with Gasteiger partial charge in [-0.05, 0) is 42.3 Å². The van der Waals surface area contributed by atoms with E-state index in [1.165, 1.54) is 10.9 Å². The van der Waals surface area contributed by atoms with E-state index in [1.807, 2.05) is 12.1 Å². The van der Waals surface area contributed by atoms with E-state index in [2.05, 4.69) is 41.2 Å². The number of aryl methyl sites for hydroxylation is 1. The van der Waals surface area contributed by atoms with E-state index in [9.17, 15) is 0 Å². The Labute approximate surface area is 106 Å². The molecule has 1 aromatic carbocycles. The Bertz CT molecular complexity index is 698. The van der Waals surface area contributed by atoms with Gasteiger partial charge in [-0.25, -0.2) is 0 Å². The van der Waals surface area contributed by atoms with Crippen LogP contribution in [-0.2, 0) is 6.54 Å². The lowest BCUT2D eigenvalue weighted by Crippen LogP contribution is -1.97. The number of nitrogens with one attached hydrogen (secondary N) is 1. The number of fused-ring (bicyclic) bond motifs is 1. The fourth-order valence-corrected chi connectivity index (χ4v) is 2.19. The van der Waals surface area contributed by atoms with Crippen LogP contribution >= 0.6 is 0 Å². The maximum Gasteiger partial charge on any atom is 0.0867 e. The molecule has 0 aliphatic carbocycles. The molecule has 0 unspecified atom stereocenters. The summed E-state index contributed by atoms with van der Waals surface area (Å²) in [7, 11) is 0. The van der Waals surface area contributed by atoms with E-state index in [1.54, 1.807) is 6.20 Å². The molecule has 0 radical (unpaired) electrons. The molecule has 0 aliphatic heterocycles. The summed E-state index contributed by atoms with van der Waals surface area (Å²) in [5.41, 5.74) is 11.1. The third-order valence-electron chi connectivity index (χ3n) is 3.22. The number of nitrogens with two attached hydrogens (primary N) is 1. The number of aromatic amines is 1. The Morgan fingerprint density at radius 3 is 2.89 bits per heavy atom. The van der Waals surface area contributed by atoms with Crippen molar-refractivity contribution in [2.75, 3.05) is 0 Å². The van der Waals surface area contributed by atoms with Crippen molar-refractivity contribution in [3.05, 3.63) is 53.7 Å². The summed E-state index contributed by atoms with van der Waals surface area (Å²) in [6, 6.07) is 12.4. The van der Waals surface area contributed by atoms with Crippen molar-refractivity contribution in [1.29, 1.82) is 0 Å². The van der Waals surface area contributed by atoms with Crippen LogP contribution in [0, 0.1) is 6.92 Å². The van der Waals surface area contributed by atoms with E-state index in [-0.39, 0.29) is 0 Å². The van der Waals surface area contributed by atoms with Gasteiger partial charge in [0.15, 0.2) is 0 Å². The van der Waals surface area contributed by atoms with Gasteiger partial charge in [0.1, 0.15) is 0 Å². The molecule has 0 bridgehead atoms. The second-order valence-corrected chi connectivity index (χ2v) is 4.47. The van der Waals surface area contributed by atoms with Crippen LogP contribution in [0.5, 0.6) is 0 Å². The second kappa shape index (κ2) is 4.27. The van der Waals surface area contributed by atoms with Crippen molar-refractivity contribution < 1.29 is 0 Å². The first-order valence-electron chi connectivity index (χ1n) is 6.01. The summed E-state index contributed by atoms with van der Waals surface area (Å²) in [5, 5.41) is 1.24. The molecule has 2 heterocycles. The zero-order valence-electron chi connectivity index (χ0n) is 10.3. The second-order valence-electron chi connectivity index (χ2n) is 4.47. The van der Waals surface area contributed by atoms with Gasteiger partial charge in [0.2, 0.25) is 0 Å². The highest BCUT2D eigenvalue weighted by Gasteiger charge is 2.06. The SMILES string of the molecule is Cc1cccc2[nH]c(-c3cc(CN)ccn3)cc12. The lowest BCUT2D eigenvalue weighted by Gasteiger charge is -1.99. The predicted octanol–water partition coefficient (Wildman–Crippen LogP) is 3.00. The normalized spacial score (nSPS) is 11.0. The fraction of sp³-hybridized carbons (Fsp3) is 0.133. The van der Waals surface area contributed by atoms with Crippen LogP contribution in [-0.4, -0.2) is 9.97 Å². The summed E-state index contributed by atoms with van der Waals surface area (Å²) in [4.78, 5) is 7.80. The topological polar surface area (TPSA) is 54.7 Å².